The first-order valence-corrected chi connectivity index (χ1v) is 8.53. The third-order valence-corrected chi connectivity index (χ3v) is 3.45. The van der Waals surface area contributed by atoms with Crippen molar-refractivity contribution in [3.05, 3.63) is 12.2 Å². The number of carbonyl (C=O) groups excluding carboxylic acids is 1. The highest BCUT2D eigenvalue weighted by Crippen LogP contribution is 2.10. The van der Waals surface area contributed by atoms with Crippen molar-refractivity contribution in [2.45, 2.75) is 84.0 Å². The van der Waals surface area contributed by atoms with E-state index < -0.39 is 5.97 Å². The maximum Gasteiger partial charge on any atom is 0.384 e. The number of ether oxygens (including phenoxy) is 1. The van der Waals surface area contributed by atoms with Crippen molar-refractivity contribution in [1.82, 2.24) is 0 Å². The van der Waals surface area contributed by atoms with E-state index in [0.29, 0.717) is 0 Å². The Hall–Kier alpha value is -1.23. The topological polar surface area (TPSA) is 26.3 Å². The average molecular weight is 292 g/mol. The van der Waals surface area contributed by atoms with E-state index >= 15 is 0 Å². The van der Waals surface area contributed by atoms with Gasteiger partial charge in [-0.3, -0.25) is 0 Å². The second-order valence-corrected chi connectivity index (χ2v) is 5.42. The summed E-state index contributed by atoms with van der Waals surface area (Å²) in [4.78, 5) is 10.7. The Morgan fingerprint density at radius 1 is 0.905 bits per heavy atom. The first kappa shape index (κ1) is 19.8. The molecule has 21 heavy (non-hydrogen) atoms. The molecule has 120 valence electrons. The summed E-state index contributed by atoms with van der Waals surface area (Å²) < 4.78 is 4.44. The molecule has 0 spiro atoms. The molecule has 0 N–H and O–H groups in total. The zero-order valence-electron chi connectivity index (χ0n) is 14.0. The van der Waals surface area contributed by atoms with Gasteiger partial charge in [-0.2, -0.15) is 0 Å². The number of allylic oxidation sites excluding steroid dienone is 2. The first-order valence-electron chi connectivity index (χ1n) is 8.53. The molecule has 2 heteroatoms. The molecule has 0 unspecified atom stereocenters. The van der Waals surface area contributed by atoms with Crippen molar-refractivity contribution in [2.75, 3.05) is 7.11 Å². The molecule has 0 aromatic carbocycles. The second kappa shape index (κ2) is 16.8. The molecule has 0 aromatic heterocycles. The predicted molar refractivity (Wildman–Crippen MR) is 90.0 cm³/mol. The van der Waals surface area contributed by atoms with Crippen molar-refractivity contribution in [2.24, 2.45) is 0 Å². The number of rotatable bonds is 12. The highest BCUT2D eigenvalue weighted by atomic mass is 16.5. The maximum absolute atomic E-state index is 10.7. The van der Waals surface area contributed by atoms with Crippen LogP contribution in [0.25, 0.3) is 0 Å². The minimum Gasteiger partial charge on any atom is -0.459 e. The molecule has 0 aliphatic heterocycles. The van der Waals surface area contributed by atoms with Crippen LogP contribution < -0.4 is 0 Å². The highest BCUT2D eigenvalue weighted by Gasteiger charge is 1.91. The lowest BCUT2D eigenvalue weighted by molar-refractivity contribution is -0.133. The normalized spacial score (nSPS) is 10.4. The Kier molecular flexibility index (Phi) is 15.8. The zero-order chi connectivity index (χ0) is 15.6. The minimum absolute atomic E-state index is 0.450. The lowest BCUT2D eigenvalue weighted by Crippen LogP contribution is -1.93. The Morgan fingerprint density at radius 3 is 2.10 bits per heavy atom. The summed E-state index contributed by atoms with van der Waals surface area (Å²) in [5.41, 5.74) is 0. The van der Waals surface area contributed by atoms with E-state index in [1.807, 2.05) is 0 Å². The van der Waals surface area contributed by atoms with Crippen LogP contribution in [-0.2, 0) is 9.53 Å². The van der Waals surface area contributed by atoms with Crippen LogP contribution in [0, 0.1) is 11.8 Å². The molecule has 0 aromatic rings. The zero-order valence-corrected chi connectivity index (χ0v) is 14.0. The van der Waals surface area contributed by atoms with Gasteiger partial charge >= 0.3 is 5.97 Å². The number of unbranched alkanes of at least 4 members (excludes halogenated alkanes) is 10. The van der Waals surface area contributed by atoms with Gasteiger partial charge in [0.15, 0.2) is 0 Å². The molecule has 2 nitrogen and oxygen atoms in total. The molecule has 0 fully saturated rings. The fraction of sp³-hybridized carbons (Fsp3) is 0.737. The van der Waals surface area contributed by atoms with Crippen LogP contribution >= 0.6 is 0 Å². The molecule has 0 atom stereocenters. The van der Waals surface area contributed by atoms with Crippen LogP contribution in [0.3, 0.4) is 0 Å². The Morgan fingerprint density at radius 2 is 1.48 bits per heavy atom. The molecule has 0 aliphatic carbocycles. The van der Waals surface area contributed by atoms with Crippen LogP contribution in [0.2, 0.25) is 0 Å². The van der Waals surface area contributed by atoms with Gasteiger partial charge in [-0.05, 0) is 19.3 Å². The van der Waals surface area contributed by atoms with Gasteiger partial charge in [0.2, 0.25) is 0 Å². The Bertz CT molecular complexity index is 320. The molecular formula is C19H32O2. The van der Waals surface area contributed by atoms with Crippen molar-refractivity contribution in [3.8, 4) is 11.8 Å². The van der Waals surface area contributed by atoms with E-state index in [4.69, 9.17) is 0 Å². The summed E-state index contributed by atoms with van der Waals surface area (Å²) in [5.74, 6) is 4.78. The van der Waals surface area contributed by atoms with E-state index in [2.05, 4.69) is 35.7 Å². The van der Waals surface area contributed by atoms with Gasteiger partial charge < -0.3 is 4.74 Å². The number of methoxy groups -OCH3 is 1. The van der Waals surface area contributed by atoms with Gasteiger partial charge in [0.05, 0.1) is 7.11 Å². The molecule has 0 heterocycles. The third-order valence-electron chi connectivity index (χ3n) is 3.45. The Labute approximate surface area is 131 Å². The van der Waals surface area contributed by atoms with E-state index in [1.165, 1.54) is 71.3 Å². The van der Waals surface area contributed by atoms with Crippen molar-refractivity contribution < 1.29 is 9.53 Å². The number of esters is 1. The number of hydrogen-bond acceptors (Lipinski definition) is 2. The molecule has 0 amide bonds. The van der Waals surface area contributed by atoms with Crippen LogP contribution in [0.1, 0.15) is 84.0 Å². The largest absolute Gasteiger partial charge is 0.459 e. The summed E-state index contributed by atoms with van der Waals surface area (Å²) in [6.45, 7) is 2.26. The molecule has 0 saturated carbocycles. The fourth-order valence-corrected chi connectivity index (χ4v) is 2.15. The molecular weight excluding hydrogens is 260 g/mol. The van der Waals surface area contributed by atoms with Crippen molar-refractivity contribution in [1.29, 1.82) is 0 Å². The standard InChI is InChI=1S/C19H32O2/c1-3-4-5-6-7-8-9-10-11-12-13-14-15-16-17-18-19(20)21-2/h13-14H,3-12,15-16H2,1-2H3/b14-13-. The van der Waals surface area contributed by atoms with Gasteiger partial charge in [-0.25, -0.2) is 4.79 Å². The monoisotopic (exact) mass is 292 g/mol. The maximum atomic E-state index is 10.7. The van der Waals surface area contributed by atoms with Gasteiger partial charge in [0.25, 0.3) is 0 Å². The summed E-state index contributed by atoms with van der Waals surface area (Å²) in [6.07, 6.45) is 19.6. The lowest BCUT2D eigenvalue weighted by Gasteiger charge is -2.00. The molecule has 0 radical (unpaired) electrons. The first-order chi connectivity index (χ1) is 10.3. The molecule has 0 bridgehead atoms. The second-order valence-electron chi connectivity index (χ2n) is 5.42. The average Bonchev–Trinajstić information content (AvgIpc) is 2.50. The van der Waals surface area contributed by atoms with Crippen LogP contribution in [-0.4, -0.2) is 13.1 Å². The van der Waals surface area contributed by atoms with E-state index in [0.717, 1.165) is 12.8 Å². The van der Waals surface area contributed by atoms with Crippen molar-refractivity contribution >= 4 is 5.97 Å². The Balaban J connectivity index is 3.21. The molecule has 0 rings (SSSR count). The summed E-state index contributed by atoms with van der Waals surface area (Å²) in [7, 11) is 1.35. The van der Waals surface area contributed by atoms with Gasteiger partial charge in [0, 0.05) is 12.3 Å². The quantitative estimate of drug-likeness (QED) is 0.158. The van der Waals surface area contributed by atoms with Crippen molar-refractivity contribution in [3.63, 3.8) is 0 Å². The van der Waals surface area contributed by atoms with Crippen LogP contribution in [0.5, 0.6) is 0 Å². The van der Waals surface area contributed by atoms with Gasteiger partial charge in [0.1, 0.15) is 0 Å². The van der Waals surface area contributed by atoms with E-state index in [1.54, 1.807) is 0 Å². The summed E-state index contributed by atoms with van der Waals surface area (Å²) in [6, 6.07) is 0. The fourth-order valence-electron chi connectivity index (χ4n) is 2.15. The predicted octanol–water partition coefficient (Wildman–Crippen LogP) is 5.42. The summed E-state index contributed by atoms with van der Waals surface area (Å²) >= 11 is 0. The van der Waals surface area contributed by atoms with Gasteiger partial charge in [-0.1, -0.05) is 76.4 Å². The van der Waals surface area contributed by atoms with Gasteiger partial charge in [-0.15, -0.1) is 0 Å². The van der Waals surface area contributed by atoms with E-state index in [-0.39, 0.29) is 0 Å². The van der Waals surface area contributed by atoms with Crippen LogP contribution in [0.4, 0.5) is 0 Å². The van der Waals surface area contributed by atoms with Crippen LogP contribution in [0.15, 0.2) is 12.2 Å². The lowest BCUT2D eigenvalue weighted by atomic mass is 10.1. The molecule has 0 saturated heterocycles. The highest BCUT2D eigenvalue weighted by molar-refractivity contribution is 5.88. The number of hydrogen-bond donors (Lipinski definition) is 0. The minimum atomic E-state index is -0.450. The SMILES string of the molecule is CCCCCCCCCCC/C=C\CCC#CC(=O)OC. The third kappa shape index (κ3) is 16.7. The molecule has 0 aliphatic rings. The number of carbonyl (C=O) groups is 1. The smallest absolute Gasteiger partial charge is 0.384 e. The van der Waals surface area contributed by atoms with E-state index in [9.17, 15) is 4.79 Å². The summed E-state index contributed by atoms with van der Waals surface area (Å²) in [5, 5.41) is 0.